The fourth-order valence-electron chi connectivity index (χ4n) is 4.65. The average molecular weight is 330 g/mol. The summed E-state index contributed by atoms with van der Waals surface area (Å²) in [4.78, 5) is 11.5. The van der Waals surface area contributed by atoms with Gasteiger partial charge >= 0.3 is 7.12 Å². The van der Waals surface area contributed by atoms with Crippen LogP contribution in [0.4, 0.5) is 0 Å². The lowest BCUT2D eigenvalue weighted by molar-refractivity contribution is -0.150. The average Bonchev–Trinajstić information content (AvgIpc) is 2.55. The Bertz CT molecular complexity index is 649. The molecule has 3 saturated carbocycles. The third-order valence-electron chi connectivity index (χ3n) is 6.41. The van der Waals surface area contributed by atoms with Gasteiger partial charge in [0.2, 0.25) is 5.91 Å². The van der Waals surface area contributed by atoms with Crippen LogP contribution >= 0.6 is 0 Å². The SMILES string of the molecule is C[C@@H]1[C@H]2C[C@@H](C[C@H]1OB(O)c1cc(CN)cc(C(N)=O)c1)C2(C)C. The summed E-state index contributed by atoms with van der Waals surface area (Å²) in [5.74, 6) is 1.18. The molecule has 0 unspecified atom stereocenters. The number of primary amides is 1. The monoisotopic (exact) mass is 330 g/mol. The molecule has 1 amide bonds. The Morgan fingerprint density at radius 1 is 1.38 bits per heavy atom. The Hall–Kier alpha value is -1.37. The highest BCUT2D eigenvalue weighted by molar-refractivity contribution is 6.60. The van der Waals surface area contributed by atoms with E-state index >= 15 is 0 Å². The van der Waals surface area contributed by atoms with Crippen LogP contribution in [0.25, 0.3) is 0 Å². The van der Waals surface area contributed by atoms with Crippen molar-refractivity contribution in [3.05, 3.63) is 29.3 Å². The molecule has 1 aromatic carbocycles. The van der Waals surface area contributed by atoms with Gasteiger partial charge in [0.05, 0.1) is 0 Å². The van der Waals surface area contributed by atoms with Gasteiger partial charge in [0.25, 0.3) is 0 Å². The second kappa shape index (κ2) is 6.17. The summed E-state index contributed by atoms with van der Waals surface area (Å²) >= 11 is 0. The largest absolute Gasteiger partial charge is 0.491 e. The number of fused-ring (bicyclic) bond motifs is 2. The normalized spacial score (nSPS) is 30.5. The van der Waals surface area contributed by atoms with Crippen molar-refractivity contribution in [3.8, 4) is 0 Å². The topological polar surface area (TPSA) is 98.6 Å². The number of carbonyl (C=O) groups excluding carboxylic acids is 1. The maximum atomic E-state index is 11.5. The molecule has 6 heteroatoms. The van der Waals surface area contributed by atoms with Crippen LogP contribution in [-0.2, 0) is 11.2 Å². The quantitative estimate of drug-likeness (QED) is 0.702. The van der Waals surface area contributed by atoms with E-state index in [-0.39, 0.29) is 12.6 Å². The highest BCUT2D eigenvalue weighted by atomic mass is 16.5. The van der Waals surface area contributed by atoms with Gasteiger partial charge in [0, 0.05) is 18.2 Å². The molecule has 0 aliphatic heterocycles. The summed E-state index contributed by atoms with van der Waals surface area (Å²) in [5, 5.41) is 10.5. The Balaban J connectivity index is 1.75. The molecule has 5 nitrogen and oxygen atoms in total. The summed E-state index contributed by atoms with van der Waals surface area (Å²) < 4.78 is 5.98. The molecule has 4 rings (SSSR count). The standard InChI is InChI=1S/C18H27BN2O3/c1-10-15-7-13(18(15,2)3)8-16(10)24-19(23)14-5-11(9-20)4-12(6-14)17(21)22/h4-6,10,13,15-16,23H,7-9,20H2,1-3H3,(H2,21,22)/t10-,13+,15-,16-/m1/s1. The van der Waals surface area contributed by atoms with E-state index in [1.807, 2.05) is 0 Å². The molecule has 5 N–H and O–H groups in total. The van der Waals surface area contributed by atoms with E-state index in [0.29, 0.717) is 34.2 Å². The van der Waals surface area contributed by atoms with Crippen molar-refractivity contribution in [2.75, 3.05) is 0 Å². The van der Waals surface area contributed by atoms with Crippen LogP contribution in [0.5, 0.6) is 0 Å². The van der Waals surface area contributed by atoms with Crippen LogP contribution in [0, 0.1) is 23.2 Å². The van der Waals surface area contributed by atoms with Crippen LogP contribution in [0.2, 0.25) is 0 Å². The molecule has 0 radical (unpaired) electrons. The van der Waals surface area contributed by atoms with Crippen LogP contribution in [0.3, 0.4) is 0 Å². The third kappa shape index (κ3) is 2.87. The molecule has 24 heavy (non-hydrogen) atoms. The van der Waals surface area contributed by atoms with Crippen LogP contribution in [0.15, 0.2) is 18.2 Å². The summed E-state index contributed by atoms with van der Waals surface area (Å²) in [6.07, 6.45) is 2.27. The number of nitrogens with two attached hydrogens (primary N) is 2. The van der Waals surface area contributed by atoms with E-state index in [1.165, 1.54) is 6.42 Å². The number of rotatable bonds is 5. The maximum Gasteiger partial charge on any atom is 0.491 e. The van der Waals surface area contributed by atoms with Crippen molar-refractivity contribution in [2.45, 2.75) is 46.3 Å². The zero-order chi connectivity index (χ0) is 17.6. The molecule has 0 spiro atoms. The van der Waals surface area contributed by atoms with Crippen LogP contribution < -0.4 is 16.9 Å². The van der Waals surface area contributed by atoms with E-state index in [9.17, 15) is 9.82 Å². The first-order chi connectivity index (χ1) is 11.2. The molecule has 3 aliphatic carbocycles. The maximum absolute atomic E-state index is 11.5. The molecular formula is C18H27BN2O3. The first kappa shape index (κ1) is 17.5. The summed E-state index contributed by atoms with van der Waals surface area (Å²) in [6, 6.07) is 5.01. The van der Waals surface area contributed by atoms with E-state index < -0.39 is 13.0 Å². The first-order valence-corrected chi connectivity index (χ1v) is 8.71. The Morgan fingerprint density at radius 3 is 2.62 bits per heavy atom. The molecule has 0 heterocycles. The van der Waals surface area contributed by atoms with Crippen molar-refractivity contribution in [1.82, 2.24) is 0 Å². The highest BCUT2D eigenvalue weighted by Gasteiger charge is 2.56. The van der Waals surface area contributed by atoms with Crippen LogP contribution in [0.1, 0.15) is 49.5 Å². The van der Waals surface area contributed by atoms with Gasteiger partial charge in [-0.2, -0.15) is 0 Å². The zero-order valence-electron chi connectivity index (χ0n) is 14.7. The Kier molecular flexibility index (Phi) is 4.49. The third-order valence-corrected chi connectivity index (χ3v) is 6.41. The van der Waals surface area contributed by atoms with Crippen molar-refractivity contribution in [1.29, 1.82) is 0 Å². The van der Waals surface area contributed by atoms with Gasteiger partial charge < -0.3 is 21.1 Å². The molecule has 3 fully saturated rings. The van der Waals surface area contributed by atoms with Gasteiger partial charge in [-0.3, -0.25) is 4.79 Å². The minimum absolute atomic E-state index is 0.0373. The van der Waals surface area contributed by atoms with Crippen molar-refractivity contribution >= 4 is 18.5 Å². The smallest absolute Gasteiger partial charge is 0.423 e. The number of amides is 1. The van der Waals surface area contributed by atoms with E-state index in [4.69, 9.17) is 16.1 Å². The minimum atomic E-state index is -1.07. The van der Waals surface area contributed by atoms with Gasteiger partial charge in [-0.05, 0) is 59.2 Å². The Morgan fingerprint density at radius 2 is 2.08 bits per heavy atom. The summed E-state index contributed by atoms with van der Waals surface area (Å²) in [7, 11) is -1.07. The first-order valence-electron chi connectivity index (χ1n) is 8.71. The van der Waals surface area contributed by atoms with Gasteiger partial charge in [-0.25, -0.2) is 0 Å². The van der Waals surface area contributed by atoms with Gasteiger partial charge in [-0.1, -0.05) is 26.8 Å². The fraction of sp³-hybridized carbons (Fsp3) is 0.611. The molecule has 1 aromatic rings. The summed E-state index contributed by atoms with van der Waals surface area (Å²) in [6.45, 7) is 7.15. The summed E-state index contributed by atoms with van der Waals surface area (Å²) in [5.41, 5.74) is 13.1. The van der Waals surface area contributed by atoms with Crippen molar-refractivity contribution in [3.63, 3.8) is 0 Å². The lowest BCUT2D eigenvalue weighted by Crippen LogP contribution is -2.58. The molecule has 0 saturated heterocycles. The highest BCUT2D eigenvalue weighted by Crippen LogP contribution is 2.61. The number of benzene rings is 1. The second-order valence-electron chi connectivity index (χ2n) is 8.01. The minimum Gasteiger partial charge on any atom is -0.423 e. The molecule has 0 aromatic heterocycles. The Labute approximate surface area is 143 Å². The second-order valence-corrected chi connectivity index (χ2v) is 8.01. The van der Waals surface area contributed by atoms with Crippen LogP contribution in [-0.4, -0.2) is 24.2 Å². The molecular weight excluding hydrogens is 303 g/mol. The molecule has 4 atom stereocenters. The predicted molar refractivity (Wildman–Crippen MR) is 94.5 cm³/mol. The van der Waals surface area contributed by atoms with Crippen molar-refractivity contribution in [2.24, 2.45) is 34.6 Å². The van der Waals surface area contributed by atoms with E-state index in [0.717, 1.165) is 12.0 Å². The predicted octanol–water partition coefficient (Wildman–Crippen LogP) is 1.02. The number of hydrogen-bond donors (Lipinski definition) is 3. The van der Waals surface area contributed by atoms with E-state index in [2.05, 4.69) is 20.8 Å². The van der Waals surface area contributed by atoms with Gasteiger partial charge in [0.1, 0.15) is 0 Å². The van der Waals surface area contributed by atoms with Gasteiger partial charge in [0.15, 0.2) is 0 Å². The molecule has 3 aliphatic rings. The number of hydrogen-bond acceptors (Lipinski definition) is 4. The van der Waals surface area contributed by atoms with E-state index in [1.54, 1.807) is 18.2 Å². The molecule has 2 bridgehead atoms. The van der Waals surface area contributed by atoms with Gasteiger partial charge in [-0.15, -0.1) is 0 Å². The fourth-order valence-corrected chi connectivity index (χ4v) is 4.65. The lowest BCUT2D eigenvalue weighted by Gasteiger charge is -2.62. The number of carbonyl (C=O) groups is 1. The molecule has 130 valence electrons. The van der Waals surface area contributed by atoms with Crippen molar-refractivity contribution < 1.29 is 14.5 Å². The zero-order valence-corrected chi connectivity index (χ0v) is 14.7. The lowest BCUT2D eigenvalue weighted by atomic mass is 9.45.